The van der Waals surface area contributed by atoms with Crippen molar-refractivity contribution < 1.29 is 23.5 Å². The summed E-state index contributed by atoms with van der Waals surface area (Å²) in [5.74, 6) is -0.932. The molecule has 0 spiro atoms. The van der Waals surface area contributed by atoms with Gasteiger partial charge < -0.3 is 15.0 Å². The highest BCUT2D eigenvalue weighted by atomic mass is 35.5. The SMILES string of the molecule is COC(=O)CCc1cnc(C2CN(C(=O)Cc3cc(Cl)c(NC(=O)c4csc5ccccc45)cc3F)C3CCCCC23)s1. The second-order valence-electron chi connectivity index (χ2n) is 11.1. The molecule has 1 saturated heterocycles. The zero-order valence-electron chi connectivity index (χ0n) is 23.6. The van der Waals surface area contributed by atoms with Gasteiger partial charge in [0.05, 0.1) is 41.2 Å². The third kappa shape index (κ3) is 6.18. The number of benzene rings is 2. The average molecular weight is 640 g/mol. The molecule has 1 saturated carbocycles. The van der Waals surface area contributed by atoms with Crippen molar-refractivity contribution in [2.45, 2.75) is 56.9 Å². The molecule has 0 bridgehead atoms. The number of halogens is 2. The van der Waals surface area contributed by atoms with Gasteiger partial charge in [0.2, 0.25) is 5.91 Å². The lowest BCUT2D eigenvalue weighted by molar-refractivity contribution is -0.140. The molecule has 224 valence electrons. The number of methoxy groups -OCH3 is 1. The Labute approximate surface area is 262 Å². The second kappa shape index (κ2) is 12.7. The molecule has 1 aliphatic carbocycles. The van der Waals surface area contributed by atoms with Crippen molar-refractivity contribution in [1.82, 2.24) is 9.88 Å². The fourth-order valence-corrected chi connectivity index (χ4v) is 8.65. The van der Waals surface area contributed by atoms with E-state index in [-0.39, 0.29) is 52.4 Å². The third-order valence-corrected chi connectivity index (χ3v) is 11.0. The molecule has 2 aliphatic rings. The normalized spacial score (nSPS) is 19.8. The van der Waals surface area contributed by atoms with E-state index in [2.05, 4.69) is 10.3 Å². The second-order valence-corrected chi connectivity index (χ2v) is 13.6. The number of nitrogens with zero attached hydrogens (tertiary/aromatic N) is 2. The fraction of sp³-hybridized carbons (Fsp3) is 0.375. The molecule has 1 aliphatic heterocycles. The number of amides is 2. The van der Waals surface area contributed by atoms with Crippen molar-refractivity contribution in [1.29, 1.82) is 0 Å². The van der Waals surface area contributed by atoms with Crippen molar-refractivity contribution in [2.24, 2.45) is 5.92 Å². The largest absolute Gasteiger partial charge is 0.469 e. The summed E-state index contributed by atoms with van der Waals surface area (Å²) >= 11 is 9.56. The van der Waals surface area contributed by atoms with Gasteiger partial charge >= 0.3 is 5.97 Å². The fourth-order valence-electron chi connectivity index (χ4n) is 6.39. The number of hydrogen-bond acceptors (Lipinski definition) is 7. The summed E-state index contributed by atoms with van der Waals surface area (Å²) < 4.78 is 21.1. The van der Waals surface area contributed by atoms with Crippen molar-refractivity contribution in [2.75, 3.05) is 19.0 Å². The van der Waals surface area contributed by atoms with E-state index >= 15 is 4.39 Å². The molecule has 43 heavy (non-hydrogen) atoms. The Morgan fingerprint density at radius 1 is 1.19 bits per heavy atom. The van der Waals surface area contributed by atoms with Crippen LogP contribution in [-0.4, -0.2) is 47.4 Å². The van der Waals surface area contributed by atoms with Gasteiger partial charge in [-0.15, -0.1) is 22.7 Å². The van der Waals surface area contributed by atoms with Crippen LogP contribution in [-0.2, 0) is 27.2 Å². The Morgan fingerprint density at radius 3 is 2.84 bits per heavy atom. The lowest BCUT2D eigenvalue weighted by Gasteiger charge is -2.32. The molecule has 2 aromatic carbocycles. The Morgan fingerprint density at radius 2 is 2.00 bits per heavy atom. The number of likely N-dealkylation sites (tertiary alicyclic amines) is 1. The summed E-state index contributed by atoms with van der Waals surface area (Å²) in [7, 11) is 1.38. The Kier molecular flexibility index (Phi) is 8.79. The summed E-state index contributed by atoms with van der Waals surface area (Å²) in [6.45, 7) is 0.538. The molecule has 3 atom stereocenters. The summed E-state index contributed by atoms with van der Waals surface area (Å²) in [4.78, 5) is 45.8. The van der Waals surface area contributed by atoms with Crippen molar-refractivity contribution in [3.05, 3.63) is 79.8 Å². The van der Waals surface area contributed by atoms with E-state index in [0.717, 1.165) is 45.7 Å². The van der Waals surface area contributed by atoms with Gasteiger partial charge in [-0.1, -0.05) is 42.6 Å². The smallest absolute Gasteiger partial charge is 0.305 e. The number of ether oxygens (including phenoxy) is 1. The number of nitrogens with one attached hydrogen (secondary N) is 1. The van der Waals surface area contributed by atoms with E-state index < -0.39 is 5.82 Å². The van der Waals surface area contributed by atoms with Gasteiger partial charge in [0, 0.05) is 45.0 Å². The summed E-state index contributed by atoms with van der Waals surface area (Å²) in [6.07, 6.45) is 6.68. The summed E-state index contributed by atoms with van der Waals surface area (Å²) in [5.41, 5.74) is 0.859. The van der Waals surface area contributed by atoms with Crippen LogP contribution in [0.3, 0.4) is 0 Å². The maximum Gasteiger partial charge on any atom is 0.305 e. The first-order chi connectivity index (χ1) is 20.8. The number of aromatic nitrogens is 1. The van der Waals surface area contributed by atoms with Crippen molar-refractivity contribution in [3.63, 3.8) is 0 Å². The van der Waals surface area contributed by atoms with E-state index in [9.17, 15) is 14.4 Å². The number of thiazole rings is 1. The van der Waals surface area contributed by atoms with Gasteiger partial charge in [-0.3, -0.25) is 14.4 Å². The molecular formula is C32H31ClFN3O4S2. The standard InChI is InChI=1S/C32H31ClFN3O4S2/c1-41-30(39)11-10-19-15-35-32(43-19)22-16-37(27-8-4-2-6-20(22)27)29(38)13-18-12-24(33)26(14-25(18)34)36-31(40)23-17-42-28-9-5-3-7-21(23)28/h3,5,7,9,12,14-15,17,20,22,27H,2,4,6,8,10-11,13,16H2,1H3,(H,36,40). The number of esters is 1. The number of carbonyl (C=O) groups is 3. The Balaban J connectivity index is 1.15. The molecule has 3 heterocycles. The molecule has 3 unspecified atom stereocenters. The Bertz CT molecular complexity index is 1690. The van der Waals surface area contributed by atoms with Gasteiger partial charge in [-0.25, -0.2) is 9.37 Å². The van der Waals surface area contributed by atoms with Gasteiger partial charge in [-0.05, 0) is 48.9 Å². The van der Waals surface area contributed by atoms with Crippen LogP contribution in [0.15, 0.2) is 48.0 Å². The minimum Gasteiger partial charge on any atom is -0.469 e. The first-order valence-corrected chi connectivity index (χ1v) is 16.5. The predicted octanol–water partition coefficient (Wildman–Crippen LogP) is 7.24. The first-order valence-electron chi connectivity index (χ1n) is 14.4. The van der Waals surface area contributed by atoms with E-state index in [1.165, 1.54) is 30.6 Å². The third-order valence-electron chi connectivity index (χ3n) is 8.56. The highest BCUT2D eigenvalue weighted by Gasteiger charge is 2.46. The van der Waals surface area contributed by atoms with Crippen LogP contribution in [0.4, 0.5) is 10.1 Å². The molecule has 1 N–H and O–H groups in total. The molecule has 7 nitrogen and oxygen atoms in total. The molecule has 0 radical (unpaired) electrons. The summed E-state index contributed by atoms with van der Waals surface area (Å²) in [6, 6.07) is 10.3. The van der Waals surface area contributed by atoms with Crippen LogP contribution in [0.1, 0.15) is 63.8 Å². The van der Waals surface area contributed by atoms with Gasteiger partial charge in [0.25, 0.3) is 5.91 Å². The Hall–Kier alpha value is -3.34. The minimum atomic E-state index is -0.589. The number of rotatable bonds is 8. The van der Waals surface area contributed by atoms with E-state index in [1.807, 2.05) is 35.4 Å². The van der Waals surface area contributed by atoms with Crippen LogP contribution in [0, 0.1) is 11.7 Å². The van der Waals surface area contributed by atoms with Gasteiger partial charge in [-0.2, -0.15) is 0 Å². The molecule has 6 rings (SSSR count). The summed E-state index contributed by atoms with van der Waals surface area (Å²) in [5, 5.41) is 6.49. The number of thiophene rings is 1. The highest BCUT2D eigenvalue weighted by Crippen LogP contribution is 2.46. The van der Waals surface area contributed by atoms with Crippen LogP contribution in [0.25, 0.3) is 10.1 Å². The molecule has 11 heteroatoms. The topological polar surface area (TPSA) is 88.6 Å². The van der Waals surface area contributed by atoms with Gasteiger partial charge in [0.1, 0.15) is 5.82 Å². The number of aryl methyl sites for hydroxylation is 1. The maximum absolute atomic E-state index is 15.3. The molecule has 2 amide bonds. The maximum atomic E-state index is 15.3. The number of carbonyl (C=O) groups excluding carboxylic acids is 3. The first kappa shape index (κ1) is 29.7. The van der Waals surface area contributed by atoms with Gasteiger partial charge in [0.15, 0.2) is 0 Å². The highest BCUT2D eigenvalue weighted by molar-refractivity contribution is 7.17. The van der Waals surface area contributed by atoms with E-state index in [4.69, 9.17) is 16.3 Å². The lowest BCUT2D eigenvalue weighted by atomic mass is 9.80. The monoisotopic (exact) mass is 639 g/mol. The van der Waals surface area contributed by atoms with Crippen LogP contribution >= 0.6 is 34.3 Å². The van der Waals surface area contributed by atoms with Crippen LogP contribution in [0.5, 0.6) is 0 Å². The molecule has 2 aromatic heterocycles. The predicted molar refractivity (Wildman–Crippen MR) is 168 cm³/mol. The zero-order valence-corrected chi connectivity index (χ0v) is 26.0. The van der Waals surface area contributed by atoms with Crippen LogP contribution < -0.4 is 5.32 Å². The van der Waals surface area contributed by atoms with Crippen molar-refractivity contribution >= 4 is 67.8 Å². The minimum absolute atomic E-state index is 0.0891. The molecular weight excluding hydrogens is 609 g/mol. The zero-order chi connectivity index (χ0) is 30.1. The number of hydrogen-bond donors (Lipinski definition) is 1. The molecule has 2 fully saturated rings. The van der Waals surface area contributed by atoms with E-state index in [1.54, 1.807) is 16.7 Å². The number of anilines is 1. The number of fused-ring (bicyclic) bond motifs is 2. The lowest BCUT2D eigenvalue weighted by Crippen LogP contribution is -2.40. The van der Waals surface area contributed by atoms with Crippen molar-refractivity contribution in [3.8, 4) is 0 Å². The molecule has 4 aromatic rings. The quantitative estimate of drug-likeness (QED) is 0.205. The van der Waals surface area contributed by atoms with E-state index in [0.29, 0.717) is 30.9 Å². The average Bonchev–Trinajstić information content (AvgIpc) is 3.75. The van der Waals surface area contributed by atoms with Crippen LogP contribution in [0.2, 0.25) is 5.02 Å².